The number of carbonyl (C=O) groups is 3. The van der Waals surface area contributed by atoms with Gasteiger partial charge in [0.1, 0.15) is 6.04 Å². The number of carboxylic acids is 1. The highest BCUT2D eigenvalue weighted by Crippen LogP contribution is 2.20. The molecule has 0 saturated carbocycles. The summed E-state index contributed by atoms with van der Waals surface area (Å²) >= 11 is 0. The Morgan fingerprint density at radius 3 is 2.77 bits per heavy atom. The summed E-state index contributed by atoms with van der Waals surface area (Å²) in [5.74, 6) is -1.42. The van der Waals surface area contributed by atoms with Gasteiger partial charge in [-0.05, 0) is 35.7 Å². The van der Waals surface area contributed by atoms with Crippen LogP contribution in [0, 0.1) is 0 Å². The molecule has 3 N–H and O–H groups in total. The minimum Gasteiger partial charge on any atom is -0.480 e. The van der Waals surface area contributed by atoms with Gasteiger partial charge in [0.25, 0.3) is 5.91 Å². The highest BCUT2D eigenvalue weighted by atomic mass is 16.4. The second kappa shape index (κ2) is 8.41. The monoisotopic (exact) mass is 405 g/mol. The SMILES string of the molecule is O=C(N[C@H](Cc1c[nH]c2ccccc12)C(=O)O)c1cccc(CN2CCCC2=O)c1. The van der Waals surface area contributed by atoms with E-state index in [4.69, 9.17) is 0 Å². The number of H-pyrrole nitrogens is 1. The van der Waals surface area contributed by atoms with Crippen LogP contribution >= 0.6 is 0 Å². The van der Waals surface area contributed by atoms with Gasteiger partial charge < -0.3 is 20.3 Å². The normalized spacial score (nSPS) is 14.8. The molecular formula is C23H23N3O4. The van der Waals surface area contributed by atoms with Crippen molar-refractivity contribution < 1.29 is 19.5 Å². The van der Waals surface area contributed by atoms with Crippen LogP contribution in [0.1, 0.15) is 34.3 Å². The number of carboxylic acid groups (broad SMARTS) is 1. The first-order valence-electron chi connectivity index (χ1n) is 9.96. The maximum atomic E-state index is 12.7. The number of likely N-dealkylation sites (tertiary alicyclic amines) is 1. The number of nitrogens with one attached hydrogen (secondary N) is 2. The average molecular weight is 405 g/mol. The minimum absolute atomic E-state index is 0.120. The van der Waals surface area contributed by atoms with Crippen LogP contribution in [0.5, 0.6) is 0 Å². The molecule has 0 bridgehead atoms. The molecule has 2 amide bonds. The van der Waals surface area contributed by atoms with Gasteiger partial charge in [-0.2, -0.15) is 0 Å². The van der Waals surface area contributed by atoms with E-state index in [1.165, 1.54) is 0 Å². The van der Waals surface area contributed by atoms with Crippen molar-refractivity contribution in [1.29, 1.82) is 0 Å². The Bertz CT molecular complexity index is 1100. The molecule has 0 unspecified atom stereocenters. The number of rotatable bonds is 7. The molecule has 0 spiro atoms. The lowest BCUT2D eigenvalue weighted by atomic mass is 10.0. The van der Waals surface area contributed by atoms with Crippen molar-refractivity contribution >= 4 is 28.7 Å². The summed E-state index contributed by atoms with van der Waals surface area (Å²) in [6, 6.07) is 13.6. The number of carbonyl (C=O) groups excluding carboxylic acids is 2. The van der Waals surface area contributed by atoms with E-state index >= 15 is 0 Å². The zero-order valence-electron chi connectivity index (χ0n) is 16.4. The molecule has 2 aromatic carbocycles. The van der Waals surface area contributed by atoms with Crippen LogP contribution in [0.3, 0.4) is 0 Å². The van der Waals surface area contributed by atoms with Crippen LogP contribution in [0.2, 0.25) is 0 Å². The Morgan fingerprint density at radius 1 is 1.17 bits per heavy atom. The molecule has 0 aliphatic carbocycles. The number of benzene rings is 2. The fraction of sp³-hybridized carbons (Fsp3) is 0.261. The van der Waals surface area contributed by atoms with E-state index < -0.39 is 17.9 Å². The fourth-order valence-electron chi connectivity index (χ4n) is 3.86. The highest BCUT2D eigenvalue weighted by Gasteiger charge is 2.23. The van der Waals surface area contributed by atoms with Crippen molar-refractivity contribution in [1.82, 2.24) is 15.2 Å². The van der Waals surface area contributed by atoms with Gasteiger partial charge in [0.05, 0.1) is 0 Å². The molecule has 4 rings (SSSR count). The van der Waals surface area contributed by atoms with E-state index in [0.29, 0.717) is 18.5 Å². The lowest BCUT2D eigenvalue weighted by Gasteiger charge is -2.17. The standard InChI is InChI=1S/C23H23N3O4/c27-21-9-4-10-26(21)14-15-5-3-6-16(11-15)22(28)25-20(23(29)30)12-17-13-24-19-8-2-1-7-18(17)19/h1-3,5-8,11,13,20,24H,4,9-10,12,14H2,(H,25,28)(H,29,30)/t20-/m1/s1. The number of hydrogen-bond donors (Lipinski definition) is 3. The largest absolute Gasteiger partial charge is 0.480 e. The van der Waals surface area contributed by atoms with E-state index in [1.807, 2.05) is 30.3 Å². The van der Waals surface area contributed by atoms with Gasteiger partial charge >= 0.3 is 5.97 Å². The van der Waals surface area contributed by atoms with Crippen molar-refractivity contribution in [2.24, 2.45) is 0 Å². The second-order valence-corrected chi connectivity index (χ2v) is 7.55. The highest BCUT2D eigenvalue weighted by molar-refractivity contribution is 5.97. The van der Waals surface area contributed by atoms with E-state index in [0.717, 1.165) is 35.0 Å². The van der Waals surface area contributed by atoms with Crippen LogP contribution in [0.25, 0.3) is 10.9 Å². The number of fused-ring (bicyclic) bond motifs is 1. The molecule has 1 aliphatic heterocycles. The first kappa shape index (κ1) is 19.7. The van der Waals surface area contributed by atoms with Crippen molar-refractivity contribution in [3.8, 4) is 0 Å². The molecule has 1 aromatic heterocycles. The fourth-order valence-corrected chi connectivity index (χ4v) is 3.86. The Balaban J connectivity index is 1.47. The van der Waals surface area contributed by atoms with Gasteiger partial charge in [-0.25, -0.2) is 4.79 Å². The smallest absolute Gasteiger partial charge is 0.326 e. The van der Waals surface area contributed by atoms with Crippen LogP contribution in [-0.4, -0.2) is 45.4 Å². The summed E-state index contributed by atoms with van der Waals surface area (Å²) in [5.41, 5.74) is 2.98. The molecule has 0 radical (unpaired) electrons. The van der Waals surface area contributed by atoms with Gasteiger partial charge in [-0.15, -0.1) is 0 Å². The summed E-state index contributed by atoms with van der Waals surface area (Å²) in [4.78, 5) is 41.3. The van der Waals surface area contributed by atoms with E-state index in [9.17, 15) is 19.5 Å². The molecule has 154 valence electrons. The van der Waals surface area contributed by atoms with Gasteiger partial charge in [-0.1, -0.05) is 30.3 Å². The van der Waals surface area contributed by atoms with Crippen LogP contribution in [0.4, 0.5) is 0 Å². The molecule has 1 fully saturated rings. The van der Waals surface area contributed by atoms with Crippen LogP contribution in [-0.2, 0) is 22.6 Å². The van der Waals surface area contributed by atoms with Gasteiger partial charge in [-0.3, -0.25) is 9.59 Å². The van der Waals surface area contributed by atoms with Gasteiger partial charge in [0.15, 0.2) is 0 Å². The zero-order valence-corrected chi connectivity index (χ0v) is 16.4. The third-order valence-electron chi connectivity index (χ3n) is 5.44. The average Bonchev–Trinajstić information content (AvgIpc) is 3.34. The number of amides is 2. The lowest BCUT2D eigenvalue weighted by Crippen LogP contribution is -2.42. The Hall–Kier alpha value is -3.61. The topological polar surface area (TPSA) is 102 Å². The predicted molar refractivity (Wildman–Crippen MR) is 112 cm³/mol. The predicted octanol–water partition coefficient (Wildman–Crippen LogP) is 2.72. The Kier molecular flexibility index (Phi) is 5.52. The van der Waals surface area contributed by atoms with Crippen molar-refractivity contribution in [2.45, 2.75) is 31.8 Å². The lowest BCUT2D eigenvalue weighted by molar-refractivity contribution is -0.139. The molecule has 1 saturated heterocycles. The molecule has 7 nitrogen and oxygen atoms in total. The van der Waals surface area contributed by atoms with E-state index in [-0.39, 0.29) is 12.3 Å². The third kappa shape index (κ3) is 4.20. The molecule has 30 heavy (non-hydrogen) atoms. The zero-order chi connectivity index (χ0) is 21.1. The molecule has 1 atom stereocenters. The number of hydrogen-bond acceptors (Lipinski definition) is 3. The summed E-state index contributed by atoms with van der Waals surface area (Å²) in [5, 5.41) is 13.2. The Morgan fingerprint density at radius 2 is 2.00 bits per heavy atom. The molecule has 3 aromatic rings. The van der Waals surface area contributed by atoms with E-state index in [2.05, 4.69) is 10.3 Å². The first-order chi connectivity index (χ1) is 14.5. The van der Waals surface area contributed by atoms with E-state index in [1.54, 1.807) is 29.3 Å². The van der Waals surface area contributed by atoms with Crippen molar-refractivity contribution in [2.75, 3.05) is 6.54 Å². The first-order valence-corrected chi connectivity index (χ1v) is 9.96. The second-order valence-electron chi connectivity index (χ2n) is 7.55. The molecule has 7 heteroatoms. The Labute approximate surface area is 173 Å². The number of aromatic nitrogens is 1. The van der Waals surface area contributed by atoms with Gasteiger partial charge in [0.2, 0.25) is 5.91 Å². The van der Waals surface area contributed by atoms with Crippen LogP contribution < -0.4 is 5.32 Å². The number of para-hydroxylation sites is 1. The summed E-state index contributed by atoms with van der Waals surface area (Å²) in [6.45, 7) is 1.18. The maximum Gasteiger partial charge on any atom is 0.326 e. The third-order valence-corrected chi connectivity index (χ3v) is 5.44. The molecule has 1 aliphatic rings. The van der Waals surface area contributed by atoms with Crippen molar-refractivity contribution in [3.63, 3.8) is 0 Å². The van der Waals surface area contributed by atoms with Crippen molar-refractivity contribution in [3.05, 3.63) is 71.4 Å². The number of aliphatic carboxylic acids is 1. The summed E-state index contributed by atoms with van der Waals surface area (Å²) < 4.78 is 0. The maximum absolute atomic E-state index is 12.7. The molecular weight excluding hydrogens is 382 g/mol. The summed E-state index contributed by atoms with van der Waals surface area (Å²) in [6.07, 6.45) is 3.37. The summed E-state index contributed by atoms with van der Waals surface area (Å²) in [7, 11) is 0. The quantitative estimate of drug-likeness (QED) is 0.562. The number of nitrogens with zero attached hydrogens (tertiary/aromatic N) is 1. The number of aromatic amines is 1. The minimum atomic E-state index is -1.09. The van der Waals surface area contributed by atoms with Crippen LogP contribution in [0.15, 0.2) is 54.7 Å². The van der Waals surface area contributed by atoms with Gasteiger partial charge in [0, 0.05) is 48.6 Å². The molecule has 2 heterocycles.